The molecule has 2 atom stereocenters. The zero-order chi connectivity index (χ0) is 20.1. The average Bonchev–Trinajstić information content (AvgIpc) is 3.33. The van der Waals surface area contributed by atoms with Gasteiger partial charge < -0.3 is 15.0 Å². The molecule has 1 saturated heterocycles. The predicted octanol–water partition coefficient (Wildman–Crippen LogP) is 2.09. The van der Waals surface area contributed by atoms with Crippen molar-refractivity contribution in [1.29, 1.82) is 5.26 Å². The minimum absolute atomic E-state index is 0.0831. The number of ether oxygens (including phenoxy) is 1. The van der Waals surface area contributed by atoms with E-state index in [2.05, 4.69) is 11.4 Å². The number of esters is 1. The Hall–Kier alpha value is -2.88. The van der Waals surface area contributed by atoms with E-state index in [1.165, 1.54) is 0 Å². The van der Waals surface area contributed by atoms with E-state index in [-0.39, 0.29) is 24.9 Å². The van der Waals surface area contributed by atoms with Crippen LogP contribution in [-0.4, -0.2) is 41.4 Å². The second kappa shape index (κ2) is 8.42. The van der Waals surface area contributed by atoms with Crippen LogP contribution in [0.4, 0.5) is 0 Å². The number of hydrogen-bond acceptors (Lipinski definition) is 5. The summed E-state index contributed by atoms with van der Waals surface area (Å²) in [5.41, 5.74) is 0.164. The fraction of sp³-hybridized carbons (Fsp3) is 0.524. The van der Waals surface area contributed by atoms with Crippen LogP contribution in [0.3, 0.4) is 0 Å². The molecule has 2 amide bonds. The number of nitrogens with zero attached hydrogens (tertiary/aromatic N) is 2. The van der Waals surface area contributed by atoms with Crippen LogP contribution in [0.1, 0.15) is 50.6 Å². The van der Waals surface area contributed by atoms with E-state index in [0.29, 0.717) is 12.8 Å². The molecular weight excluding hydrogens is 358 g/mol. The number of hydrogen-bond donors (Lipinski definition) is 1. The third-order valence-electron chi connectivity index (χ3n) is 5.64. The van der Waals surface area contributed by atoms with Gasteiger partial charge in [-0.3, -0.25) is 14.4 Å². The number of nitriles is 1. The van der Waals surface area contributed by atoms with Crippen LogP contribution < -0.4 is 5.32 Å². The molecule has 0 aromatic heterocycles. The maximum absolute atomic E-state index is 12.4. The first kappa shape index (κ1) is 19.9. The quantitative estimate of drug-likeness (QED) is 0.758. The molecule has 1 saturated carbocycles. The number of carbonyl (C=O) groups excluding carboxylic acids is 3. The lowest BCUT2D eigenvalue weighted by atomic mass is 10.00. The Bertz CT molecular complexity index is 781. The van der Waals surface area contributed by atoms with Crippen molar-refractivity contribution in [3.8, 4) is 6.07 Å². The first-order chi connectivity index (χ1) is 13.4. The van der Waals surface area contributed by atoms with Crippen molar-refractivity contribution >= 4 is 17.8 Å². The molecule has 1 aromatic rings. The van der Waals surface area contributed by atoms with Crippen LogP contribution >= 0.6 is 0 Å². The number of benzene rings is 1. The molecule has 1 aliphatic heterocycles. The van der Waals surface area contributed by atoms with E-state index in [4.69, 9.17) is 4.74 Å². The first-order valence-electron chi connectivity index (χ1n) is 9.67. The Labute approximate surface area is 164 Å². The fourth-order valence-electron chi connectivity index (χ4n) is 3.98. The average molecular weight is 383 g/mol. The molecule has 1 N–H and O–H groups in total. The van der Waals surface area contributed by atoms with Crippen molar-refractivity contribution < 1.29 is 19.1 Å². The molecule has 7 heteroatoms. The summed E-state index contributed by atoms with van der Waals surface area (Å²) in [5, 5.41) is 12.0. The predicted molar refractivity (Wildman–Crippen MR) is 101 cm³/mol. The zero-order valence-electron chi connectivity index (χ0n) is 16.0. The van der Waals surface area contributed by atoms with Gasteiger partial charge in [-0.2, -0.15) is 5.26 Å². The maximum atomic E-state index is 12.4. The summed E-state index contributed by atoms with van der Waals surface area (Å²) in [5.74, 6) is -1.71. The van der Waals surface area contributed by atoms with E-state index in [0.717, 1.165) is 18.4 Å². The summed E-state index contributed by atoms with van der Waals surface area (Å²) in [6, 6.07) is 11.7. The van der Waals surface area contributed by atoms with Gasteiger partial charge >= 0.3 is 5.97 Å². The van der Waals surface area contributed by atoms with Crippen LogP contribution in [-0.2, 0) is 19.1 Å². The molecule has 0 unspecified atom stereocenters. The third-order valence-corrected chi connectivity index (χ3v) is 5.64. The molecule has 28 heavy (non-hydrogen) atoms. The van der Waals surface area contributed by atoms with E-state index in [9.17, 15) is 19.6 Å². The van der Waals surface area contributed by atoms with Crippen molar-refractivity contribution in [2.75, 3.05) is 13.2 Å². The molecule has 1 aliphatic carbocycles. The van der Waals surface area contributed by atoms with Crippen molar-refractivity contribution in [2.45, 2.75) is 50.6 Å². The van der Waals surface area contributed by atoms with Crippen LogP contribution in [0.2, 0.25) is 0 Å². The summed E-state index contributed by atoms with van der Waals surface area (Å²) in [6.07, 6.45) is 3.11. The third kappa shape index (κ3) is 4.33. The molecule has 2 aliphatic rings. The Morgan fingerprint density at radius 2 is 2.00 bits per heavy atom. The minimum atomic E-state index is -0.839. The molecule has 0 bridgehead atoms. The standard InChI is InChI=1S/C21H25N3O4/c1-15(16-7-3-2-4-8-16)24-12-17(11-19(24)26)20(27)28-13-18(25)23-21(14-22)9-5-6-10-21/h2-4,7-8,15,17H,5-6,9-13H2,1H3,(H,23,25)/t15-,17+/m0/s1. The summed E-state index contributed by atoms with van der Waals surface area (Å²) >= 11 is 0. The molecule has 148 valence electrons. The highest BCUT2D eigenvalue weighted by Gasteiger charge is 2.39. The van der Waals surface area contributed by atoms with E-state index < -0.39 is 29.9 Å². The van der Waals surface area contributed by atoms with Gasteiger partial charge in [0.1, 0.15) is 5.54 Å². The van der Waals surface area contributed by atoms with Crippen LogP contribution in [0.15, 0.2) is 30.3 Å². The molecule has 0 spiro atoms. The van der Waals surface area contributed by atoms with Gasteiger partial charge in [0.05, 0.1) is 18.0 Å². The summed E-state index contributed by atoms with van der Waals surface area (Å²) in [7, 11) is 0. The number of likely N-dealkylation sites (tertiary alicyclic amines) is 1. The van der Waals surface area contributed by atoms with Gasteiger partial charge in [0.25, 0.3) is 5.91 Å². The highest BCUT2D eigenvalue weighted by molar-refractivity contribution is 5.88. The summed E-state index contributed by atoms with van der Waals surface area (Å²) < 4.78 is 5.13. The van der Waals surface area contributed by atoms with Crippen LogP contribution in [0.5, 0.6) is 0 Å². The topological polar surface area (TPSA) is 99.5 Å². The fourth-order valence-corrected chi connectivity index (χ4v) is 3.98. The summed E-state index contributed by atoms with van der Waals surface area (Å²) in [4.78, 5) is 38.5. The highest BCUT2D eigenvalue weighted by atomic mass is 16.5. The molecule has 2 fully saturated rings. The molecule has 3 rings (SSSR count). The molecular formula is C21H25N3O4. The van der Waals surface area contributed by atoms with Gasteiger partial charge in [-0.05, 0) is 38.2 Å². The highest BCUT2D eigenvalue weighted by Crippen LogP contribution is 2.30. The Kier molecular flexibility index (Phi) is 5.98. The van der Waals surface area contributed by atoms with E-state index in [1.54, 1.807) is 4.90 Å². The normalized spacial score (nSPS) is 21.8. The van der Waals surface area contributed by atoms with Gasteiger partial charge in [-0.15, -0.1) is 0 Å². The van der Waals surface area contributed by atoms with Gasteiger partial charge in [-0.25, -0.2) is 0 Å². The number of rotatable bonds is 6. The second-order valence-electron chi connectivity index (χ2n) is 7.59. The zero-order valence-corrected chi connectivity index (χ0v) is 16.0. The number of carbonyl (C=O) groups is 3. The molecule has 1 aromatic carbocycles. The largest absolute Gasteiger partial charge is 0.455 e. The second-order valence-corrected chi connectivity index (χ2v) is 7.59. The van der Waals surface area contributed by atoms with Crippen molar-refractivity contribution in [3.63, 3.8) is 0 Å². The van der Waals surface area contributed by atoms with Gasteiger partial charge in [0.15, 0.2) is 6.61 Å². The number of nitrogens with one attached hydrogen (secondary N) is 1. The van der Waals surface area contributed by atoms with Crippen LogP contribution in [0.25, 0.3) is 0 Å². The SMILES string of the molecule is C[C@@H](c1ccccc1)N1C[C@H](C(=O)OCC(=O)NC2(C#N)CCCC2)CC1=O. The van der Waals surface area contributed by atoms with E-state index >= 15 is 0 Å². The molecule has 7 nitrogen and oxygen atoms in total. The summed E-state index contributed by atoms with van der Waals surface area (Å²) in [6.45, 7) is 1.77. The molecule has 1 heterocycles. The van der Waals surface area contributed by atoms with Gasteiger partial charge in [-0.1, -0.05) is 30.3 Å². The lowest BCUT2D eigenvalue weighted by Crippen LogP contribution is -2.47. The molecule has 0 radical (unpaired) electrons. The Balaban J connectivity index is 1.51. The lowest BCUT2D eigenvalue weighted by molar-refractivity contribution is -0.152. The minimum Gasteiger partial charge on any atom is -0.455 e. The smallest absolute Gasteiger partial charge is 0.311 e. The monoisotopic (exact) mass is 383 g/mol. The number of amides is 2. The van der Waals surface area contributed by atoms with E-state index in [1.807, 2.05) is 37.3 Å². The van der Waals surface area contributed by atoms with Crippen molar-refractivity contribution in [1.82, 2.24) is 10.2 Å². The lowest BCUT2D eigenvalue weighted by Gasteiger charge is -2.25. The first-order valence-corrected chi connectivity index (χ1v) is 9.67. The van der Waals surface area contributed by atoms with Crippen molar-refractivity contribution in [3.05, 3.63) is 35.9 Å². The van der Waals surface area contributed by atoms with Crippen molar-refractivity contribution in [2.24, 2.45) is 5.92 Å². The Morgan fingerprint density at radius 3 is 2.64 bits per heavy atom. The van der Waals surface area contributed by atoms with Gasteiger partial charge in [0.2, 0.25) is 5.91 Å². The maximum Gasteiger partial charge on any atom is 0.311 e. The Morgan fingerprint density at radius 1 is 1.32 bits per heavy atom. The van der Waals surface area contributed by atoms with Crippen LogP contribution in [0, 0.1) is 17.2 Å². The van der Waals surface area contributed by atoms with Gasteiger partial charge in [0, 0.05) is 13.0 Å².